The topological polar surface area (TPSA) is 121 Å². The smallest absolute Gasteiger partial charge is 0.748 e. The predicted molar refractivity (Wildman–Crippen MR) is 53.4 cm³/mol. The van der Waals surface area contributed by atoms with Crippen LogP contribution in [0.4, 0.5) is 5.69 Å². The Balaban J connectivity index is 0. The van der Waals surface area contributed by atoms with E-state index in [1.54, 1.807) is 12.1 Å². The van der Waals surface area contributed by atoms with Gasteiger partial charge in [-0.05, 0) is 18.2 Å². The van der Waals surface area contributed by atoms with Crippen LogP contribution in [0.2, 0.25) is 0 Å². The molecule has 0 amide bonds. The van der Waals surface area contributed by atoms with E-state index in [0.717, 1.165) is 0 Å². The van der Waals surface area contributed by atoms with E-state index in [2.05, 4.69) is 0 Å². The van der Waals surface area contributed by atoms with Crippen molar-refractivity contribution in [2.24, 2.45) is 0 Å². The average molecular weight is 255 g/mol. The van der Waals surface area contributed by atoms with Crippen molar-refractivity contribution in [3.8, 4) is 0 Å². The molecule has 0 radical (unpaired) electrons. The summed E-state index contributed by atoms with van der Waals surface area (Å²) in [5.74, 6) is -0.952. The normalized spacial score (nSPS) is 9.38. The van der Waals surface area contributed by atoms with Gasteiger partial charge in [0.2, 0.25) is 0 Å². The number of anilines is 1. The van der Waals surface area contributed by atoms with Gasteiger partial charge in [0.05, 0.1) is 15.7 Å². The molecule has 0 fully saturated rings. The third kappa shape index (κ3) is 11.5. The van der Waals surface area contributed by atoms with E-state index >= 15 is 0 Å². The summed E-state index contributed by atoms with van der Waals surface area (Å²) in [7, 11) is -3.92. The van der Waals surface area contributed by atoms with Crippen molar-refractivity contribution in [2.45, 2.75) is 0 Å². The molecule has 0 saturated heterocycles. The molecular formula is C8H10NNaO5S. The maximum absolute atomic E-state index is 10.3. The van der Waals surface area contributed by atoms with E-state index < -0.39 is 16.1 Å². The molecule has 0 heterocycles. The fourth-order valence-corrected chi connectivity index (χ4v) is 0.672. The van der Waals surface area contributed by atoms with Crippen LogP contribution in [0.25, 0.3) is 0 Å². The van der Waals surface area contributed by atoms with Crippen molar-refractivity contribution in [3.05, 3.63) is 29.8 Å². The first-order valence-corrected chi connectivity index (χ1v) is 5.51. The van der Waals surface area contributed by atoms with Crippen molar-refractivity contribution in [2.75, 3.05) is 12.0 Å². The third-order valence-electron chi connectivity index (χ3n) is 1.13. The second-order valence-electron chi connectivity index (χ2n) is 2.63. The number of benzene rings is 1. The second-order valence-corrected chi connectivity index (χ2v) is 4.04. The molecule has 0 spiro atoms. The summed E-state index contributed by atoms with van der Waals surface area (Å²) in [6.45, 7) is 0. The number of carbonyl (C=O) groups is 1. The van der Waals surface area contributed by atoms with E-state index in [-0.39, 0.29) is 35.1 Å². The molecule has 8 heteroatoms. The van der Waals surface area contributed by atoms with E-state index in [1.807, 2.05) is 0 Å². The van der Waals surface area contributed by atoms with E-state index in [4.69, 9.17) is 23.8 Å². The summed E-state index contributed by atoms with van der Waals surface area (Å²) in [6, 6.07) is 6.17. The predicted octanol–water partition coefficient (Wildman–Crippen LogP) is -2.87. The zero-order chi connectivity index (χ0) is 12.1. The summed E-state index contributed by atoms with van der Waals surface area (Å²) >= 11 is 0. The second kappa shape index (κ2) is 7.64. The van der Waals surface area contributed by atoms with Crippen LogP contribution in [0.3, 0.4) is 0 Å². The summed E-state index contributed by atoms with van der Waals surface area (Å²) in [5.41, 5.74) is 6.03. The van der Waals surface area contributed by atoms with Crippen LogP contribution < -0.4 is 35.3 Å². The average Bonchev–Trinajstić information content (AvgIpc) is 2.00. The molecule has 0 aliphatic carbocycles. The Hall–Kier alpha value is -0.600. The van der Waals surface area contributed by atoms with Crippen LogP contribution in [-0.4, -0.2) is 30.3 Å². The quantitative estimate of drug-likeness (QED) is 0.316. The van der Waals surface area contributed by atoms with Gasteiger partial charge in [-0.15, -0.1) is 0 Å². The Morgan fingerprint density at radius 1 is 1.44 bits per heavy atom. The van der Waals surface area contributed by atoms with Gasteiger partial charge in [-0.1, -0.05) is 6.07 Å². The first-order valence-electron chi connectivity index (χ1n) is 3.70. The minimum Gasteiger partial charge on any atom is -0.748 e. The van der Waals surface area contributed by atoms with Gasteiger partial charge in [0.1, 0.15) is 0 Å². The fourth-order valence-electron chi connectivity index (χ4n) is 0.672. The molecule has 84 valence electrons. The van der Waals surface area contributed by atoms with Gasteiger partial charge < -0.3 is 15.4 Å². The number of nitrogens with two attached hydrogens (primary N) is 1. The largest absolute Gasteiger partial charge is 1.00 e. The molecule has 1 aromatic rings. The summed E-state index contributed by atoms with van der Waals surface area (Å²) < 4.78 is 27.2. The Labute approximate surface area is 116 Å². The standard InChI is InChI=1S/C7H7NO2.CH4O3S.Na/c8-6-3-1-2-5(4-6)7(9)10;1-5(2,3)4;/h1-4H,8H2,(H,9,10);1H3,(H,2,3,4);/q;;+1/p-1. The first-order chi connectivity index (χ1) is 6.70. The first kappa shape index (κ1) is 17.8. The van der Waals surface area contributed by atoms with Gasteiger partial charge in [-0.25, -0.2) is 13.2 Å². The molecule has 16 heavy (non-hydrogen) atoms. The molecule has 0 saturated carbocycles. The Bertz CT molecular complexity index is 437. The van der Waals surface area contributed by atoms with Crippen molar-refractivity contribution in [3.63, 3.8) is 0 Å². The molecule has 1 rings (SSSR count). The monoisotopic (exact) mass is 255 g/mol. The van der Waals surface area contributed by atoms with E-state index in [0.29, 0.717) is 11.9 Å². The van der Waals surface area contributed by atoms with Crippen LogP contribution in [0, 0.1) is 0 Å². The van der Waals surface area contributed by atoms with Crippen LogP contribution in [0.1, 0.15) is 10.4 Å². The minimum absolute atomic E-state index is 0. The van der Waals surface area contributed by atoms with Crippen LogP contribution in [0.15, 0.2) is 24.3 Å². The van der Waals surface area contributed by atoms with E-state index in [1.165, 1.54) is 12.1 Å². The van der Waals surface area contributed by atoms with Crippen molar-refractivity contribution in [1.29, 1.82) is 0 Å². The van der Waals surface area contributed by atoms with E-state index in [9.17, 15) is 4.79 Å². The molecule has 0 atom stereocenters. The minimum atomic E-state index is -3.92. The van der Waals surface area contributed by atoms with Crippen LogP contribution in [-0.2, 0) is 10.1 Å². The number of nitrogen functional groups attached to an aromatic ring is 1. The zero-order valence-electron chi connectivity index (χ0n) is 8.88. The number of aromatic carboxylic acids is 1. The molecule has 0 bridgehead atoms. The fraction of sp³-hybridized carbons (Fsp3) is 0.125. The van der Waals surface area contributed by atoms with Gasteiger partial charge in [0.25, 0.3) is 0 Å². The Morgan fingerprint density at radius 3 is 2.12 bits per heavy atom. The van der Waals surface area contributed by atoms with Crippen molar-refractivity contribution < 1.29 is 52.4 Å². The van der Waals surface area contributed by atoms with Gasteiger partial charge in [-0.3, -0.25) is 0 Å². The van der Waals surface area contributed by atoms with Gasteiger partial charge in [0.15, 0.2) is 0 Å². The van der Waals surface area contributed by atoms with Gasteiger partial charge >= 0.3 is 35.5 Å². The molecule has 0 aromatic heterocycles. The Morgan fingerprint density at radius 2 is 1.88 bits per heavy atom. The summed E-state index contributed by atoms with van der Waals surface area (Å²) in [6.07, 6.45) is 0.604. The number of rotatable bonds is 1. The van der Waals surface area contributed by atoms with Crippen molar-refractivity contribution >= 4 is 21.8 Å². The number of hydrogen-bond acceptors (Lipinski definition) is 5. The van der Waals surface area contributed by atoms with Crippen molar-refractivity contribution in [1.82, 2.24) is 0 Å². The molecule has 0 unspecified atom stereocenters. The molecular weight excluding hydrogens is 245 g/mol. The summed E-state index contributed by atoms with van der Waals surface area (Å²) in [4.78, 5) is 10.3. The van der Waals surface area contributed by atoms with Gasteiger partial charge in [-0.2, -0.15) is 0 Å². The molecule has 1 aromatic carbocycles. The molecule has 3 N–H and O–H groups in total. The molecule has 6 nitrogen and oxygen atoms in total. The van der Waals surface area contributed by atoms with Gasteiger partial charge in [0, 0.05) is 11.9 Å². The SMILES string of the molecule is CS(=O)(=O)[O-].Nc1cccc(C(=O)O)c1.[Na+]. The zero-order valence-corrected chi connectivity index (χ0v) is 11.7. The number of hydrogen-bond donors (Lipinski definition) is 2. The van der Waals surface area contributed by atoms with Crippen LogP contribution >= 0.6 is 0 Å². The summed E-state index contributed by atoms with van der Waals surface area (Å²) in [5, 5.41) is 8.45. The number of carboxylic acid groups (broad SMARTS) is 1. The molecule has 0 aliphatic heterocycles. The number of carboxylic acids is 1. The molecule has 0 aliphatic rings. The third-order valence-corrected chi connectivity index (χ3v) is 1.13. The van der Waals surface area contributed by atoms with Crippen LogP contribution in [0.5, 0.6) is 0 Å². The maximum Gasteiger partial charge on any atom is 1.00 e. The maximum atomic E-state index is 10.3. The Kier molecular flexibility index (Phi) is 8.49.